The maximum atomic E-state index is 13.0. The van der Waals surface area contributed by atoms with Crippen LogP contribution in [0.3, 0.4) is 0 Å². The van der Waals surface area contributed by atoms with Crippen molar-refractivity contribution in [3.05, 3.63) is 94.3 Å². The Hall–Kier alpha value is -3.47. The number of rotatable bonds is 3. The molecular weight excluding hydrogens is 362 g/mol. The van der Waals surface area contributed by atoms with Crippen molar-refractivity contribution in [3.63, 3.8) is 0 Å². The molecule has 1 aliphatic rings. The van der Waals surface area contributed by atoms with Gasteiger partial charge in [0.15, 0.2) is 0 Å². The zero-order valence-electron chi connectivity index (χ0n) is 16.6. The molecule has 0 aliphatic carbocycles. The van der Waals surface area contributed by atoms with E-state index in [9.17, 15) is 9.59 Å². The molecule has 5 heteroatoms. The molecule has 0 bridgehead atoms. The van der Waals surface area contributed by atoms with Gasteiger partial charge in [-0.1, -0.05) is 36.4 Å². The Bertz CT molecular complexity index is 1090. The van der Waals surface area contributed by atoms with Gasteiger partial charge in [0.05, 0.1) is 11.1 Å². The summed E-state index contributed by atoms with van der Waals surface area (Å²) >= 11 is 0. The second-order valence-corrected chi connectivity index (χ2v) is 7.41. The lowest BCUT2D eigenvalue weighted by Gasteiger charge is -2.28. The van der Waals surface area contributed by atoms with Gasteiger partial charge in [-0.2, -0.15) is 0 Å². The highest BCUT2D eigenvalue weighted by atomic mass is 16.2. The summed E-state index contributed by atoms with van der Waals surface area (Å²) in [6, 6.07) is 15.6. The van der Waals surface area contributed by atoms with Gasteiger partial charge < -0.3 is 10.2 Å². The molecule has 0 atom stereocenters. The van der Waals surface area contributed by atoms with Crippen molar-refractivity contribution >= 4 is 17.5 Å². The SMILES string of the molecule is Cc1cccc(NC(=O)c2cncc(C(=O)N3CCc4ccccc4C3)c2)c1C. The monoisotopic (exact) mass is 385 g/mol. The smallest absolute Gasteiger partial charge is 0.257 e. The van der Waals surface area contributed by atoms with Crippen molar-refractivity contribution in [1.29, 1.82) is 0 Å². The fourth-order valence-corrected chi connectivity index (χ4v) is 3.61. The first-order valence-electron chi connectivity index (χ1n) is 9.71. The number of pyridine rings is 1. The Morgan fingerprint density at radius 2 is 1.72 bits per heavy atom. The molecular formula is C24H23N3O2. The first-order valence-corrected chi connectivity index (χ1v) is 9.71. The number of nitrogens with zero attached hydrogens (tertiary/aromatic N) is 2. The van der Waals surface area contributed by atoms with Crippen LogP contribution >= 0.6 is 0 Å². The van der Waals surface area contributed by atoms with Crippen LogP contribution in [-0.4, -0.2) is 28.2 Å². The van der Waals surface area contributed by atoms with Crippen LogP contribution in [-0.2, 0) is 13.0 Å². The topological polar surface area (TPSA) is 62.3 Å². The van der Waals surface area contributed by atoms with Gasteiger partial charge in [-0.25, -0.2) is 0 Å². The lowest BCUT2D eigenvalue weighted by molar-refractivity contribution is 0.0734. The normalized spacial score (nSPS) is 13.0. The Labute approximate surface area is 170 Å². The van der Waals surface area contributed by atoms with Gasteiger partial charge >= 0.3 is 0 Å². The fourth-order valence-electron chi connectivity index (χ4n) is 3.61. The third kappa shape index (κ3) is 3.90. The Morgan fingerprint density at radius 3 is 2.55 bits per heavy atom. The van der Waals surface area contributed by atoms with Crippen molar-refractivity contribution in [3.8, 4) is 0 Å². The zero-order valence-corrected chi connectivity index (χ0v) is 16.6. The van der Waals surface area contributed by atoms with Gasteiger partial charge in [-0.15, -0.1) is 0 Å². The predicted octanol–water partition coefficient (Wildman–Crippen LogP) is 4.15. The molecule has 0 spiro atoms. The van der Waals surface area contributed by atoms with Crippen molar-refractivity contribution < 1.29 is 9.59 Å². The van der Waals surface area contributed by atoms with Crippen molar-refractivity contribution in [1.82, 2.24) is 9.88 Å². The summed E-state index contributed by atoms with van der Waals surface area (Å²) in [4.78, 5) is 31.7. The van der Waals surface area contributed by atoms with E-state index in [0.29, 0.717) is 24.2 Å². The quantitative estimate of drug-likeness (QED) is 0.737. The maximum Gasteiger partial charge on any atom is 0.257 e. The van der Waals surface area contributed by atoms with Gasteiger partial charge in [0.25, 0.3) is 11.8 Å². The molecule has 2 amide bonds. The maximum absolute atomic E-state index is 13.0. The molecule has 2 aromatic carbocycles. The number of aryl methyl sites for hydroxylation is 1. The number of carbonyl (C=O) groups is 2. The minimum atomic E-state index is -0.273. The first-order chi connectivity index (χ1) is 14.0. The van der Waals surface area contributed by atoms with Gasteiger partial charge in [0.2, 0.25) is 0 Å². The number of aromatic nitrogens is 1. The van der Waals surface area contributed by atoms with Crippen LogP contribution in [0.15, 0.2) is 60.9 Å². The molecule has 146 valence electrons. The number of nitrogens with one attached hydrogen (secondary N) is 1. The minimum Gasteiger partial charge on any atom is -0.334 e. The van der Waals surface area contributed by atoms with E-state index in [-0.39, 0.29) is 11.8 Å². The van der Waals surface area contributed by atoms with E-state index in [1.807, 2.05) is 49.1 Å². The third-order valence-corrected chi connectivity index (χ3v) is 5.52. The van der Waals surface area contributed by atoms with E-state index in [2.05, 4.69) is 22.4 Å². The second-order valence-electron chi connectivity index (χ2n) is 7.41. The number of anilines is 1. The van der Waals surface area contributed by atoms with E-state index in [1.54, 1.807) is 6.07 Å². The third-order valence-electron chi connectivity index (χ3n) is 5.52. The summed E-state index contributed by atoms with van der Waals surface area (Å²) in [7, 11) is 0. The van der Waals surface area contributed by atoms with Gasteiger partial charge in [0.1, 0.15) is 0 Å². The summed E-state index contributed by atoms with van der Waals surface area (Å²) in [5.41, 5.74) is 6.15. The fraction of sp³-hybridized carbons (Fsp3) is 0.208. The van der Waals surface area contributed by atoms with E-state index >= 15 is 0 Å². The number of fused-ring (bicyclic) bond motifs is 1. The first kappa shape index (κ1) is 18.9. The summed E-state index contributed by atoms with van der Waals surface area (Å²) in [5.74, 6) is -0.377. The van der Waals surface area contributed by atoms with Crippen LogP contribution in [0.1, 0.15) is 43.0 Å². The molecule has 0 radical (unpaired) electrons. The molecule has 0 fully saturated rings. The number of hydrogen-bond donors (Lipinski definition) is 1. The van der Waals surface area contributed by atoms with Crippen LogP contribution in [0.2, 0.25) is 0 Å². The molecule has 5 nitrogen and oxygen atoms in total. The largest absolute Gasteiger partial charge is 0.334 e. The molecule has 2 heterocycles. The van der Waals surface area contributed by atoms with Gasteiger partial charge in [-0.05, 0) is 54.7 Å². The predicted molar refractivity (Wildman–Crippen MR) is 113 cm³/mol. The molecule has 1 aliphatic heterocycles. The van der Waals surface area contributed by atoms with Crippen LogP contribution < -0.4 is 5.32 Å². The van der Waals surface area contributed by atoms with Crippen molar-refractivity contribution in [2.45, 2.75) is 26.8 Å². The number of carbonyl (C=O) groups excluding carboxylic acids is 2. The average Bonchev–Trinajstić information content (AvgIpc) is 2.76. The number of amides is 2. The highest BCUT2D eigenvalue weighted by Gasteiger charge is 2.22. The average molecular weight is 385 g/mol. The van der Waals surface area contributed by atoms with E-state index in [1.165, 1.54) is 23.5 Å². The van der Waals surface area contributed by atoms with E-state index < -0.39 is 0 Å². The van der Waals surface area contributed by atoms with Crippen molar-refractivity contribution in [2.24, 2.45) is 0 Å². The Balaban J connectivity index is 1.52. The van der Waals surface area contributed by atoms with Crippen LogP contribution in [0.25, 0.3) is 0 Å². The molecule has 29 heavy (non-hydrogen) atoms. The highest BCUT2D eigenvalue weighted by Crippen LogP contribution is 2.21. The molecule has 4 rings (SSSR count). The Morgan fingerprint density at radius 1 is 0.966 bits per heavy atom. The van der Waals surface area contributed by atoms with E-state index in [4.69, 9.17) is 0 Å². The van der Waals surface area contributed by atoms with E-state index in [0.717, 1.165) is 23.2 Å². The van der Waals surface area contributed by atoms with Crippen LogP contribution in [0, 0.1) is 13.8 Å². The Kier molecular flexibility index (Phi) is 5.12. The standard InChI is InChI=1S/C24H23N3O2/c1-16-6-5-9-22(17(16)2)26-23(28)20-12-21(14-25-13-20)24(29)27-11-10-18-7-3-4-8-19(18)15-27/h3-9,12-14H,10-11,15H2,1-2H3,(H,26,28). The number of benzene rings is 2. The summed E-state index contributed by atoms with van der Waals surface area (Å²) in [6.07, 6.45) is 3.85. The van der Waals surface area contributed by atoms with Gasteiger partial charge in [-0.3, -0.25) is 14.6 Å². The molecule has 0 unspecified atom stereocenters. The molecule has 1 N–H and O–H groups in total. The van der Waals surface area contributed by atoms with Gasteiger partial charge in [0, 0.05) is 31.2 Å². The molecule has 0 saturated carbocycles. The molecule has 3 aromatic rings. The summed E-state index contributed by atoms with van der Waals surface area (Å²) < 4.78 is 0. The highest BCUT2D eigenvalue weighted by molar-refractivity contribution is 6.06. The lowest BCUT2D eigenvalue weighted by Crippen LogP contribution is -2.36. The van der Waals surface area contributed by atoms with Crippen LogP contribution in [0.5, 0.6) is 0 Å². The summed E-state index contributed by atoms with van der Waals surface area (Å²) in [5, 5.41) is 2.92. The second kappa shape index (κ2) is 7.87. The number of hydrogen-bond acceptors (Lipinski definition) is 3. The lowest BCUT2D eigenvalue weighted by atomic mass is 9.99. The molecule has 0 saturated heterocycles. The van der Waals surface area contributed by atoms with Crippen LogP contribution in [0.4, 0.5) is 5.69 Å². The molecule has 1 aromatic heterocycles. The summed E-state index contributed by atoms with van der Waals surface area (Å²) in [6.45, 7) is 5.21. The minimum absolute atomic E-state index is 0.103. The zero-order chi connectivity index (χ0) is 20.4. The van der Waals surface area contributed by atoms with Crippen molar-refractivity contribution in [2.75, 3.05) is 11.9 Å².